The minimum absolute atomic E-state index is 0.103. The van der Waals surface area contributed by atoms with Crippen molar-refractivity contribution in [3.63, 3.8) is 0 Å². The van der Waals surface area contributed by atoms with E-state index < -0.39 is 40.5 Å². The Kier molecular flexibility index (Phi) is 5.18. The van der Waals surface area contributed by atoms with Crippen LogP contribution in [-0.2, 0) is 19.0 Å². The van der Waals surface area contributed by atoms with Crippen LogP contribution in [0.1, 0.15) is 13.9 Å². The predicted octanol–water partition coefficient (Wildman–Crippen LogP) is 2.48. The van der Waals surface area contributed by atoms with Gasteiger partial charge in [0, 0.05) is 30.0 Å². The molecule has 0 bridgehead atoms. The number of morpholine rings is 1. The number of benzene rings is 1. The van der Waals surface area contributed by atoms with E-state index in [1.165, 1.54) is 6.08 Å². The minimum Gasteiger partial charge on any atom is -0.369 e. The van der Waals surface area contributed by atoms with Gasteiger partial charge in [-0.25, -0.2) is 0 Å². The van der Waals surface area contributed by atoms with Crippen LogP contribution in [0.5, 0.6) is 0 Å². The summed E-state index contributed by atoms with van der Waals surface area (Å²) < 4.78 is 77.3. The maximum absolute atomic E-state index is 12.5. The van der Waals surface area contributed by atoms with Gasteiger partial charge in [-0.2, -0.15) is 26.9 Å². The first kappa shape index (κ1) is 19.0. The van der Waals surface area contributed by atoms with Crippen molar-refractivity contribution in [2.45, 2.75) is 30.7 Å². The molecule has 0 aliphatic carbocycles. The van der Waals surface area contributed by atoms with Crippen LogP contribution in [0.3, 0.4) is 0 Å². The molecule has 7 nitrogen and oxygen atoms in total. The number of nitrogens with zero attached hydrogens (tertiary/aromatic N) is 2. The van der Waals surface area contributed by atoms with E-state index in [0.29, 0.717) is 23.5 Å². The monoisotopic (exact) mass is 418 g/mol. The van der Waals surface area contributed by atoms with Gasteiger partial charge in [0.2, 0.25) is 0 Å². The fraction of sp³-hybridized carbons (Fsp3) is 0.471. The van der Waals surface area contributed by atoms with Crippen molar-refractivity contribution >= 4 is 27.6 Å². The molecule has 2 aliphatic rings. The third kappa shape index (κ3) is 4.24. The summed E-state index contributed by atoms with van der Waals surface area (Å²) in [6.07, 6.45) is 1.74. The summed E-state index contributed by atoms with van der Waals surface area (Å²) in [5, 5.41) is 11.9. The molecule has 0 saturated carbocycles. The molecule has 1 N–H and O–H groups in total. The van der Waals surface area contributed by atoms with Gasteiger partial charge in [0.05, 0.1) is 20.2 Å². The molecule has 3 rings (SSSR count). The van der Waals surface area contributed by atoms with Gasteiger partial charge < -0.3 is 15.0 Å². The summed E-state index contributed by atoms with van der Waals surface area (Å²) in [7, 11) is -5.70. The van der Waals surface area contributed by atoms with Gasteiger partial charge in [-0.05, 0) is 25.1 Å². The molecule has 0 spiro atoms. The summed E-state index contributed by atoms with van der Waals surface area (Å²) in [5.74, 6) is 0. The van der Waals surface area contributed by atoms with Crippen LogP contribution in [0.25, 0.3) is 6.08 Å². The lowest BCUT2D eigenvalue weighted by atomic mass is 10.0. The molecule has 152 valence electrons. The summed E-state index contributed by atoms with van der Waals surface area (Å²) in [6, 6.07) is 5.48. The molecular weight excluding hydrogens is 399 g/mol. The quantitative estimate of drug-likeness (QED) is 0.593. The number of nitriles is 1. The second kappa shape index (κ2) is 7.62. The zero-order valence-electron chi connectivity index (χ0n) is 15.7. The van der Waals surface area contributed by atoms with E-state index in [1.54, 1.807) is 31.2 Å². The van der Waals surface area contributed by atoms with Crippen LogP contribution in [-0.4, -0.2) is 51.8 Å². The van der Waals surface area contributed by atoms with Crippen molar-refractivity contribution in [1.82, 2.24) is 0 Å². The number of anilines is 2. The summed E-state index contributed by atoms with van der Waals surface area (Å²) in [5.41, 5.74) is -3.51. The van der Waals surface area contributed by atoms with Crippen LogP contribution in [0.15, 0.2) is 24.3 Å². The molecule has 0 aromatic heterocycles. The van der Waals surface area contributed by atoms with Crippen LogP contribution < -0.4 is 10.2 Å². The Morgan fingerprint density at radius 3 is 2.89 bits per heavy atom. The van der Waals surface area contributed by atoms with E-state index in [1.807, 2.05) is 11.0 Å². The lowest BCUT2D eigenvalue weighted by Gasteiger charge is -2.39. The highest BCUT2D eigenvalue weighted by atomic mass is 32.2. The fourth-order valence-electron chi connectivity index (χ4n) is 3.10. The van der Waals surface area contributed by atoms with Gasteiger partial charge in [0.15, 0.2) is 0 Å². The van der Waals surface area contributed by atoms with Crippen molar-refractivity contribution in [2.75, 3.05) is 29.9 Å². The maximum atomic E-state index is 12.5. The van der Waals surface area contributed by atoms with E-state index in [0.717, 1.165) is 0 Å². The summed E-state index contributed by atoms with van der Waals surface area (Å²) in [4.78, 5) is 1.84. The summed E-state index contributed by atoms with van der Waals surface area (Å²) >= 11 is 0. The first-order valence-electron chi connectivity index (χ1n) is 8.82. The number of rotatable bonds is 4. The Hall–Kier alpha value is -2.29. The number of alkyl halides is 3. The highest BCUT2D eigenvalue weighted by Crippen LogP contribution is 2.34. The molecule has 28 heavy (non-hydrogen) atoms. The molecule has 1 saturated heterocycles. The van der Waals surface area contributed by atoms with Crippen molar-refractivity contribution < 1.29 is 31.9 Å². The fourth-order valence-corrected chi connectivity index (χ4v) is 3.56. The molecule has 2 heterocycles. The Morgan fingerprint density at radius 1 is 1.46 bits per heavy atom. The Labute approximate surface area is 161 Å². The van der Waals surface area contributed by atoms with E-state index >= 15 is 0 Å². The second-order valence-corrected chi connectivity index (χ2v) is 7.99. The summed E-state index contributed by atoms with van der Waals surface area (Å²) in [6.45, 7) is 1.46. The number of halogens is 3. The lowest BCUT2D eigenvalue weighted by Crippen LogP contribution is -2.49. The van der Waals surface area contributed by atoms with Crippen LogP contribution in [0.2, 0.25) is 0 Å². The lowest BCUT2D eigenvalue weighted by molar-refractivity contribution is -0.0656. The van der Waals surface area contributed by atoms with Crippen LogP contribution in [0, 0.1) is 11.3 Å². The van der Waals surface area contributed by atoms with E-state index in [9.17, 15) is 21.6 Å². The van der Waals surface area contributed by atoms with Gasteiger partial charge in [0.1, 0.15) is 12.1 Å². The first-order valence-corrected chi connectivity index (χ1v) is 9.73. The van der Waals surface area contributed by atoms with Crippen molar-refractivity contribution in [3.8, 4) is 6.07 Å². The van der Waals surface area contributed by atoms with E-state index in [-0.39, 0.29) is 6.54 Å². The van der Waals surface area contributed by atoms with Crippen molar-refractivity contribution in [3.05, 3.63) is 29.8 Å². The number of hydrogen-bond acceptors (Lipinski definition) is 7. The number of ether oxygens (including phenoxy) is 1. The predicted molar refractivity (Wildman–Crippen MR) is 96.0 cm³/mol. The van der Waals surface area contributed by atoms with Crippen molar-refractivity contribution in [1.29, 1.82) is 5.26 Å². The zero-order valence-corrected chi connectivity index (χ0v) is 15.5. The van der Waals surface area contributed by atoms with Gasteiger partial charge in [-0.15, -0.1) is 0 Å². The first-order chi connectivity index (χ1) is 13.4. The van der Waals surface area contributed by atoms with Gasteiger partial charge >= 0.3 is 15.6 Å². The smallest absolute Gasteiger partial charge is 0.369 e. The number of fused-ring (bicyclic) bond motifs is 1. The highest BCUT2D eigenvalue weighted by molar-refractivity contribution is 7.87. The molecule has 11 heteroatoms. The number of nitrogens with one attached hydrogen (secondary N) is 1. The molecular formula is C17H18F3N3O4S. The largest absolute Gasteiger partial charge is 0.523 e. The molecule has 1 aromatic rings. The molecule has 3 atom stereocenters. The average Bonchev–Trinajstić information content (AvgIpc) is 2.64. The Morgan fingerprint density at radius 2 is 2.21 bits per heavy atom. The molecule has 0 amide bonds. The Balaban J connectivity index is 1.79. The molecule has 0 radical (unpaired) electrons. The third-order valence-corrected chi connectivity index (χ3v) is 5.26. The number of hydrogen-bond donors (Lipinski definition) is 1. The van der Waals surface area contributed by atoms with Gasteiger partial charge in [-0.1, -0.05) is 12.1 Å². The Bertz CT molecular complexity index is 964. The molecule has 0 unspecified atom stereocenters. The average molecular weight is 418 g/mol. The zero-order chi connectivity index (χ0) is 21.4. The van der Waals surface area contributed by atoms with Gasteiger partial charge in [-0.3, -0.25) is 4.18 Å². The minimum atomic E-state index is -5.70. The second-order valence-electron chi connectivity index (χ2n) is 6.38. The third-order valence-electron chi connectivity index (χ3n) is 4.25. The standard InChI is InChI=1S/C17H18F3N3O4S/c1-11-8-23(9-13(27-11)10-26-28(24,25)17(18,19)20)16-4-2-3-15-14(16)6-5-12(7-21)22-15/h2-6,11-13,22H,8-10H2,1H3/t11-,12+,13-/m1/s1/i12D. The van der Waals surface area contributed by atoms with E-state index in [2.05, 4.69) is 9.50 Å². The van der Waals surface area contributed by atoms with Crippen molar-refractivity contribution in [2.24, 2.45) is 0 Å². The highest BCUT2D eigenvalue weighted by Gasteiger charge is 2.47. The normalized spacial score (nSPS) is 28.1. The molecule has 1 aromatic carbocycles. The van der Waals surface area contributed by atoms with E-state index in [4.69, 9.17) is 11.4 Å². The van der Waals surface area contributed by atoms with Crippen LogP contribution in [0.4, 0.5) is 24.5 Å². The maximum Gasteiger partial charge on any atom is 0.523 e. The SMILES string of the molecule is [2H][C@@]1(C#N)C=Cc2c(cccc2N2C[C@H](COS(=O)(=O)C(F)(F)F)O[C@H](C)C2)N1. The topological polar surface area (TPSA) is 91.7 Å². The molecule has 1 fully saturated rings. The van der Waals surface area contributed by atoms with Gasteiger partial charge in [0.25, 0.3) is 0 Å². The van der Waals surface area contributed by atoms with Crippen LogP contribution >= 0.6 is 0 Å². The molecule has 2 aliphatic heterocycles.